The van der Waals surface area contributed by atoms with Crippen molar-refractivity contribution in [2.75, 3.05) is 33.5 Å². The molecular formula is C20H42NO7P. The Labute approximate surface area is 176 Å². The van der Waals surface area contributed by atoms with Gasteiger partial charge >= 0.3 is 13.8 Å². The third-order valence-corrected chi connectivity index (χ3v) is 5.53. The first-order valence-electron chi connectivity index (χ1n) is 11.0. The highest BCUT2D eigenvalue weighted by Crippen LogP contribution is 2.42. The zero-order valence-electron chi connectivity index (χ0n) is 18.3. The fourth-order valence-corrected chi connectivity index (χ4v) is 3.52. The minimum absolute atomic E-state index is 0.0374. The average molecular weight is 440 g/mol. The van der Waals surface area contributed by atoms with Gasteiger partial charge in [0.05, 0.1) is 13.2 Å². The van der Waals surface area contributed by atoms with Gasteiger partial charge in [0.2, 0.25) is 0 Å². The van der Waals surface area contributed by atoms with E-state index in [2.05, 4.69) is 11.4 Å². The van der Waals surface area contributed by atoms with Crippen LogP contribution >= 0.6 is 7.82 Å². The van der Waals surface area contributed by atoms with Gasteiger partial charge in [-0.3, -0.25) is 13.8 Å². The predicted octanol–water partition coefficient (Wildman–Crippen LogP) is 4.34. The van der Waals surface area contributed by atoms with Crippen LogP contribution in [0.15, 0.2) is 0 Å². The molecule has 0 aromatic carbocycles. The Balaban J connectivity index is 3.65. The number of esters is 1. The van der Waals surface area contributed by atoms with E-state index in [1.807, 2.05) is 0 Å². The van der Waals surface area contributed by atoms with Gasteiger partial charge in [-0.25, -0.2) is 4.57 Å². The number of unbranched alkanes of at least 4 members (excludes halogenated alkanes) is 10. The number of ether oxygens (including phenoxy) is 2. The smallest absolute Gasteiger partial charge is 0.463 e. The SMILES string of the molecule is CCCCCCCCCCCCCC(=O)OCC(COP(=O)(O)OCCN)OC. The first-order valence-corrected chi connectivity index (χ1v) is 12.4. The summed E-state index contributed by atoms with van der Waals surface area (Å²) in [6.07, 6.45) is 13.2. The predicted molar refractivity (Wildman–Crippen MR) is 114 cm³/mol. The topological polar surface area (TPSA) is 117 Å². The summed E-state index contributed by atoms with van der Waals surface area (Å²) in [6.45, 7) is 2.00. The highest BCUT2D eigenvalue weighted by atomic mass is 31.2. The van der Waals surface area contributed by atoms with Crippen LogP contribution in [0.1, 0.15) is 84.0 Å². The fourth-order valence-electron chi connectivity index (χ4n) is 2.76. The Kier molecular flexibility index (Phi) is 19.1. The Bertz CT molecular complexity index is 437. The van der Waals surface area contributed by atoms with Crippen molar-refractivity contribution in [1.29, 1.82) is 0 Å². The number of rotatable bonds is 21. The maximum atomic E-state index is 11.8. The van der Waals surface area contributed by atoms with Crippen molar-refractivity contribution in [3.05, 3.63) is 0 Å². The van der Waals surface area contributed by atoms with Crippen molar-refractivity contribution in [2.45, 2.75) is 90.1 Å². The van der Waals surface area contributed by atoms with Crippen molar-refractivity contribution in [3.63, 3.8) is 0 Å². The average Bonchev–Trinajstić information content (AvgIpc) is 2.70. The van der Waals surface area contributed by atoms with E-state index < -0.39 is 13.9 Å². The van der Waals surface area contributed by atoms with E-state index in [0.717, 1.165) is 19.3 Å². The molecule has 0 spiro atoms. The molecule has 0 radical (unpaired) electrons. The highest BCUT2D eigenvalue weighted by Gasteiger charge is 2.23. The van der Waals surface area contributed by atoms with Crippen LogP contribution < -0.4 is 5.73 Å². The van der Waals surface area contributed by atoms with Gasteiger partial charge in [-0.05, 0) is 6.42 Å². The van der Waals surface area contributed by atoms with Crippen molar-refractivity contribution < 1.29 is 32.8 Å². The molecule has 2 atom stereocenters. The molecule has 0 aliphatic heterocycles. The molecular weight excluding hydrogens is 397 g/mol. The lowest BCUT2D eigenvalue weighted by Crippen LogP contribution is -2.26. The quantitative estimate of drug-likeness (QED) is 0.154. The summed E-state index contributed by atoms with van der Waals surface area (Å²) in [5.41, 5.74) is 5.20. The maximum absolute atomic E-state index is 11.8. The number of nitrogens with two attached hydrogens (primary N) is 1. The summed E-state index contributed by atoms with van der Waals surface area (Å²) >= 11 is 0. The molecule has 0 saturated carbocycles. The molecule has 2 unspecified atom stereocenters. The van der Waals surface area contributed by atoms with Crippen LogP contribution in [0.2, 0.25) is 0 Å². The molecule has 8 nitrogen and oxygen atoms in total. The van der Waals surface area contributed by atoms with E-state index in [1.54, 1.807) is 0 Å². The molecule has 3 N–H and O–H groups in total. The monoisotopic (exact) mass is 439 g/mol. The number of phosphoric ester groups is 1. The molecule has 0 rings (SSSR count). The van der Waals surface area contributed by atoms with E-state index in [9.17, 15) is 14.3 Å². The van der Waals surface area contributed by atoms with Crippen molar-refractivity contribution in [3.8, 4) is 0 Å². The van der Waals surface area contributed by atoms with Crippen molar-refractivity contribution >= 4 is 13.8 Å². The minimum Gasteiger partial charge on any atom is -0.463 e. The Morgan fingerprint density at radius 2 is 1.48 bits per heavy atom. The number of hydrogen-bond acceptors (Lipinski definition) is 7. The van der Waals surface area contributed by atoms with E-state index in [1.165, 1.54) is 58.5 Å². The van der Waals surface area contributed by atoms with Gasteiger partial charge in [0.15, 0.2) is 0 Å². The number of methoxy groups -OCH3 is 1. The highest BCUT2D eigenvalue weighted by molar-refractivity contribution is 7.47. The van der Waals surface area contributed by atoms with E-state index >= 15 is 0 Å². The molecule has 0 aliphatic rings. The molecule has 174 valence electrons. The number of carbonyl (C=O) groups is 1. The molecule has 0 fully saturated rings. The Morgan fingerprint density at radius 1 is 0.931 bits per heavy atom. The lowest BCUT2D eigenvalue weighted by molar-refractivity contribution is -0.148. The lowest BCUT2D eigenvalue weighted by Gasteiger charge is -2.17. The van der Waals surface area contributed by atoms with Gasteiger partial charge in [0.1, 0.15) is 12.7 Å². The van der Waals surface area contributed by atoms with Crippen LogP contribution in [0.3, 0.4) is 0 Å². The van der Waals surface area contributed by atoms with Crippen LogP contribution in [0, 0.1) is 0 Å². The zero-order valence-corrected chi connectivity index (χ0v) is 19.2. The van der Waals surface area contributed by atoms with Gasteiger partial charge in [0, 0.05) is 20.1 Å². The summed E-state index contributed by atoms with van der Waals surface area (Å²) in [5.74, 6) is -0.297. The summed E-state index contributed by atoms with van der Waals surface area (Å²) in [7, 11) is -2.75. The van der Waals surface area contributed by atoms with Crippen LogP contribution in [0.25, 0.3) is 0 Å². The van der Waals surface area contributed by atoms with Gasteiger partial charge < -0.3 is 20.1 Å². The van der Waals surface area contributed by atoms with Crippen LogP contribution in [0.5, 0.6) is 0 Å². The third kappa shape index (κ3) is 19.2. The first-order chi connectivity index (χ1) is 13.9. The summed E-state index contributed by atoms with van der Waals surface area (Å²) in [4.78, 5) is 21.2. The number of hydrogen-bond donors (Lipinski definition) is 2. The lowest BCUT2D eigenvalue weighted by atomic mass is 10.1. The molecule has 0 aromatic heterocycles. The number of phosphoric acid groups is 1. The molecule has 0 amide bonds. The second-order valence-electron chi connectivity index (χ2n) is 7.21. The van der Waals surface area contributed by atoms with Crippen LogP contribution in [-0.2, 0) is 27.9 Å². The van der Waals surface area contributed by atoms with Gasteiger partial charge in [-0.1, -0.05) is 71.1 Å². The minimum atomic E-state index is -4.17. The molecule has 0 aromatic rings. The number of carbonyl (C=O) groups excluding carboxylic acids is 1. The van der Waals surface area contributed by atoms with Crippen LogP contribution in [0.4, 0.5) is 0 Å². The Hall–Kier alpha value is -0.500. The molecule has 9 heteroatoms. The first kappa shape index (κ1) is 28.5. The second kappa shape index (κ2) is 19.5. The van der Waals surface area contributed by atoms with Gasteiger partial charge in [-0.15, -0.1) is 0 Å². The molecule has 29 heavy (non-hydrogen) atoms. The van der Waals surface area contributed by atoms with Crippen molar-refractivity contribution in [2.24, 2.45) is 5.73 Å². The van der Waals surface area contributed by atoms with E-state index in [4.69, 9.17) is 19.7 Å². The molecule has 0 saturated heterocycles. The summed E-state index contributed by atoms with van der Waals surface area (Å²) in [6, 6.07) is 0. The molecule has 0 aliphatic carbocycles. The Morgan fingerprint density at radius 3 is 2.00 bits per heavy atom. The third-order valence-electron chi connectivity index (χ3n) is 4.54. The second-order valence-corrected chi connectivity index (χ2v) is 8.67. The van der Waals surface area contributed by atoms with Gasteiger partial charge in [0.25, 0.3) is 0 Å². The molecule has 0 bridgehead atoms. The van der Waals surface area contributed by atoms with E-state index in [-0.39, 0.29) is 32.3 Å². The summed E-state index contributed by atoms with van der Waals surface area (Å²) < 4.78 is 31.2. The maximum Gasteiger partial charge on any atom is 0.472 e. The molecule has 0 heterocycles. The zero-order chi connectivity index (χ0) is 21.8. The largest absolute Gasteiger partial charge is 0.472 e. The normalized spacial score (nSPS) is 14.5. The van der Waals surface area contributed by atoms with Crippen LogP contribution in [-0.4, -0.2) is 50.4 Å². The van der Waals surface area contributed by atoms with E-state index in [0.29, 0.717) is 6.42 Å². The van der Waals surface area contributed by atoms with Gasteiger partial charge in [-0.2, -0.15) is 0 Å². The summed E-state index contributed by atoms with van der Waals surface area (Å²) in [5, 5.41) is 0. The fraction of sp³-hybridized carbons (Fsp3) is 0.950. The standard InChI is InChI=1S/C20H42NO7P/c1-3-4-5-6-7-8-9-10-11-12-13-14-20(22)26-17-19(25-2)18-28-29(23,24)27-16-15-21/h19H,3-18,21H2,1-2H3,(H,23,24). The van der Waals surface area contributed by atoms with Crippen molar-refractivity contribution in [1.82, 2.24) is 0 Å².